The van der Waals surface area contributed by atoms with Crippen LogP contribution in [-0.4, -0.2) is 49.6 Å². The van der Waals surface area contributed by atoms with Crippen LogP contribution >= 0.6 is 22.9 Å². The molecule has 144 valence electrons. The smallest absolute Gasteiger partial charge is 0.313 e. The number of amides is 2. The van der Waals surface area contributed by atoms with Crippen molar-refractivity contribution in [1.82, 2.24) is 10.2 Å². The number of rotatable bonds is 5. The first-order valence-electron chi connectivity index (χ1n) is 8.74. The van der Waals surface area contributed by atoms with E-state index in [1.165, 1.54) is 0 Å². The number of nitrogens with one attached hydrogen (secondary N) is 2. The van der Waals surface area contributed by atoms with Gasteiger partial charge in [-0.15, -0.1) is 0 Å². The van der Waals surface area contributed by atoms with Crippen LogP contribution in [0.1, 0.15) is 17.2 Å². The number of hydrogen-bond acceptors (Lipinski definition) is 5. The number of carbonyl (C=O) groups excluding carboxylic acids is 2. The average Bonchev–Trinajstić information content (AvgIpc) is 3.20. The molecule has 1 fully saturated rings. The van der Waals surface area contributed by atoms with Gasteiger partial charge in [0.15, 0.2) is 0 Å². The second-order valence-electron chi connectivity index (χ2n) is 6.35. The third-order valence-corrected chi connectivity index (χ3v) is 5.61. The topological polar surface area (TPSA) is 70.7 Å². The number of anilines is 1. The lowest BCUT2D eigenvalue weighted by Gasteiger charge is -2.34. The highest BCUT2D eigenvalue weighted by Gasteiger charge is 2.24. The van der Waals surface area contributed by atoms with Crippen LogP contribution in [0.15, 0.2) is 35.0 Å². The largest absolute Gasteiger partial charge is 0.379 e. The third-order valence-electron chi connectivity index (χ3n) is 4.51. The van der Waals surface area contributed by atoms with E-state index in [0.717, 1.165) is 24.2 Å². The van der Waals surface area contributed by atoms with E-state index in [4.69, 9.17) is 16.3 Å². The number of thiophene rings is 1. The van der Waals surface area contributed by atoms with Gasteiger partial charge < -0.3 is 15.4 Å². The molecule has 1 aromatic carbocycles. The van der Waals surface area contributed by atoms with Crippen LogP contribution in [0.2, 0.25) is 5.02 Å². The zero-order chi connectivity index (χ0) is 19.2. The van der Waals surface area contributed by atoms with E-state index < -0.39 is 11.8 Å². The maximum absolute atomic E-state index is 12.3. The molecule has 6 nitrogen and oxygen atoms in total. The van der Waals surface area contributed by atoms with Gasteiger partial charge in [-0.3, -0.25) is 14.5 Å². The van der Waals surface area contributed by atoms with E-state index in [2.05, 4.69) is 20.9 Å². The van der Waals surface area contributed by atoms with E-state index in [1.54, 1.807) is 29.5 Å². The molecule has 0 radical (unpaired) electrons. The van der Waals surface area contributed by atoms with Gasteiger partial charge in [0.1, 0.15) is 0 Å². The van der Waals surface area contributed by atoms with Crippen molar-refractivity contribution in [2.24, 2.45) is 0 Å². The van der Waals surface area contributed by atoms with Crippen molar-refractivity contribution in [2.75, 3.05) is 38.2 Å². The molecule has 27 heavy (non-hydrogen) atoms. The Morgan fingerprint density at radius 3 is 2.70 bits per heavy atom. The number of ether oxygens (including phenoxy) is 1. The Hall–Kier alpha value is -1.93. The SMILES string of the molecule is Cc1ccc(NC(=O)C(=O)NCC(c2ccsc2)N2CCOCC2)cc1Cl. The average molecular weight is 408 g/mol. The summed E-state index contributed by atoms with van der Waals surface area (Å²) < 4.78 is 5.41. The first-order chi connectivity index (χ1) is 13.0. The summed E-state index contributed by atoms with van der Waals surface area (Å²) in [5, 5.41) is 9.96. The molecule has 2 aromatic rings. The quantitative estimate of drug-likeness (QED) is 0.748. The number of morpholine rings is 1. The molecule has 1 saturated heterocycles. The predicted octanol–water partition coefficient (Wildman–Crippen LogP) is 2.84. The molecule has 8 heteroatoms. The second-order valence-corrected chi connectivity index (χ2v) is 7.54. The highest BCUT2D eigenvalue weighted by molar-refractivity contribution is 7.08. The van der Waals surface area contributed by atoms with Gasteiger partial charge in [0, 0.05) is 30.3 Å². The van der Waals surface area contributed by atoms with E-state index >= 15 is 0 Å². The first kappa shape index (κ1) is 19.8. The molecule has 1 aliphatic rings. The van der Waals surface area contributed by atoms with Gasteiger partial charge in [0.05, 0.1) is 19.3 Å². The monoisotopic (exact) mass is 407 g/mol. The molecule has 2 heterocycles. The number of carbonyl (C=O) groups is 2. The second kappa shape index (κ2) is 9.32. The van der Waals surface area contributed by atoms with Crippen molar-refractivity contribution in [1.29, 1.82) is 0 Å². The normalized spacial score (nSPS) is 15.9. The lowest BCUT2D eigenvalue weighted by atomic mass is 10.1. The minimum atomic E-state index is -0.707. The van der Waals surface area contributed by atoms with E-state index in [-0.39, 0.29) is 6.04 Å². The van der Waals surface area contributed by atoms with Crippen molar-refractivity contribution in [2.45, 2.75) is 13.0 Å². The summed E-state index contributed by atoms with van der Waals surface area (Å²) in [6.45, 7) is 5.16. The number of hydrogen-bond donors (Lipinski definition) is 2. The van der Waals surface area contributed by atoms with Crippen molar-refractivity contribution in [3.63, 3.8) is 0 Å². The van der Waals surface area contributed by atoms with Crippen LogP contribution in [0.25, 0.3) is 0 Å². The lowest BCUT2D eigenvalue weighted by Crippen LogP contribution is -2.45. The fourth-order valence-corrected chi connectivity index (χ4v) is 3.83. The fraction of sp³-hybridized carbons (Fsp3) is 0.368. The predicted molar refractivity (Wildman–Crippen MR) is 107 cm³/mol. The summed E-state index contributed by atoms with van der Waals surface area (Å²) in [5.74, 6) is -1.37. The fourth-order valence-electron chi connectivity index (χ4n) is 2.94. The lowest BCUT2D eigenvalue weighted by molar-refractivity contribution is -0.136. The molecular formula is C19H22ClN3O3S. The highest BCUT2D eigenvalue weighted by Crippen LogP contribution is 2.23. The number of nitrogens with zero attached hydrogens (tertiary/aromatic N) is 1. The Kier molecular flexibility index (Phi) is 6.84. The highest BCUT2D eigenvalue weighted by atomic mass is 35.5. The first-order valence-corrected chi connectivity index (χ1v) is 10.1. The van der Waals surface area contributed by atoms with Crippen LogP contribution in [-0.2, 0) is 14.3 Å². The van der Waals surface area contributed by atoms with Crippen molar-refractivity contribution in [3.05, 3.63) is 51.2 Å². The maximum Gasteiger partial charge on any atom is 0.313 e. The van der Waals surface area contributed by atoms with E-state index in [1.807, 2.05) is 18.4 Å². The Morgan fingerprint density at radius 1 is 1.26 bits per heavy atom. The summed E-state index contributed by atoms with van der Waals surface area (Å²) in [6.07, 6.45) is 0. The molecule has 3 rings (SSSR count). The zero-order valence-electron chi connectivity index (χ0n) is 15.0. The molecule has 0 aliphatic carbocycles. The van der Waals surface area contributed by atoms with Gasteiger partial charge in [-0.2, -0.15) is 11.3 Å². The van der Waals surface area contributed by atoms with Gasteiger partial charge in [0.25, 0.3) is 0 Å². The minimum absolute atomic E-state index is 0.0192. The van der Waals surface area contributed by atoms with E-state index in [0.29, 0.717) is 30.5 Å². The Bertz CT molecular complexity index is 792. The summed E-state index contributed by atoms with van der Waals surface area (Å²) >= 11 is 7.67. The number of benzene rings is 1. The van der Waals surface area contributed by atoms with Gasteiger partial charge in [-0.25, -0.2) is 0 Å². The summed E-state index contributed by atoms with van der Waals surface area (Å²) in [5.41, 5.74) is 2.53. The molecular weight excluding hydrogens is 386 g/mol. The molecule has 1 aliphatic heterocycles. The molecule has 1 atom stereocenters. The molecule has 0 spiro atoms. The van der Waals surface area contributed by atoms with Crippen molar-refractivity contribution < 1.29 is 14.3 Å². The maximum atomic E-state index is 12.3. The van der Waals surface area contributed by atoms with Gasteiger partial charge >= 0.3 is 11.8 Å². The Morgan fingerprint density at radius 2 is 2.04 bits per heavy atom. The minimum Gasteiger partial charge on any atom is -0.379 e. The van der Waals surface area contributed by atoms with Gasteiger partial charge in [-0.05, 0) is 47.0 Å². The standard InChI is InChI=1S/C19H22ClN3O3S/c1-13-2-3-15(10-16(13)20)22-19(25)18(24)21-11-17(14-4-9-27-12-14)23-5-7-26-8-6-23/h2-4,9-10,12,17H,5-8,11H2,1H3,(H,21,24)(H,22,25). The van der Waals surface area contributed by atoms with E-state index in [9.17, 15) is 9.59 Å². The molecule has 0 saturated carbocycles. The molecule has 1 unspecified atom stereocenters. The Labute approximate surface area is 167 Å². The van der Waals surface area contributed by atoms with Crippen LogP contribution in [0.4, 0.5) is 5.69 Å². The molecule has 2 N–H and O–H groups in total. The molecule has 2 amide bonds. The Balaban J connectivity index is 1.59. The zero-order valence-corrected chi connectivity index (χ0v) is 16.6. The molecule has 0 bridgehead atoms. The number of halogens is 1. The van der Waals surface area contributed by atoms with Crippen molar-refractivity contribution >= 4 is 40.4 Å². The van der Waals surface area contributed by atoms with Gasteiger partial charge in [0.2, 0.25) is 0 Å². The van der Waals surface area contributed by atoms with Gasteiger partial charge in [-0.1, -0.05) is 17.7 Å². The van der Waals surface area contributed by atoms with Crippen LogP contribution in [0.3, 0.4) is 0 Å². The van der Waals surface area contributed by atoms with Crippen molar-refractivity contribution in [3.8, 4) is 0 Å². The summed E-state index contributed by atoms with van der Waals surface area (Å²) in [7, 11) is 0. The third kappa shape index (κ3) is 5.29. The summed E-state index contributed by atoms with van der Waals surface area (Å²) in [6, 6.07) is 7.20. The summed E-state index contributed by atoms with van der Waals surface area (Å²) in [4.78, 5) is 26.7. The van der Waals surface area contributed by atoms with Crippen LogP contribution in [0.5, 0.6) is 0 Å². The van der Waals surface area contributed by atoms with Crippen LogP contribution in [0, 0.1) is 6.92 Å². The van der Waals surface area contributed by atoms with Crippen LogP contribution < -0.4 is 10.6 Å². The number of aryl methyl sites for hydroxylation is 1. The molecule has 1 aromatic heterocycles.